The van der Waals surface area contributed by atoms with Gasteiger partial charge in [0.1, 0.15) is 16.7 Å². The van der Waals surface area contributed by atoms with E-state index in [-0.39, 0.29) is 35.5 Å². The predicted molar refractivity (Wildman–Crippen MR) is 119 cm³/mol. The number of carbonyl (C=O) groups excluding carboxylic acids is 1. The van der Waals surface area contributed by atoms with Crippen molar-refractivity contribution in [2.24, 2.45) is 5.92 Å². The summed E-state index contributed by atoms with van der Waals surface area (Å²) in [5.74, 6) is -0.183. The fraction of sp³-hybridized carbons (Fsp3) is 0.429. The lowest BCUT2D eigenvalue weighted by atomic mass is 9.99. The highest BCUT2D eigenvalue weighted by atomic mass is 32.2. The molecule has 0 spiro atoms. The number of hydrogen-bond donors (Lipinski definition) is 2. The van der Waals surface area contributed by atoms with Crippen molar-refractivity contribution in [2.45, 2.75) is 24.0 Å². The maximum Gasteiger partial charge on any atom is 0.416 e. The third-order valence-corrected chi connectivity index (χ3v) is 5.79. The van der Waals surface area contributed by atoms with Gasteiger partial charge in [-0.15, -0.1) is 11.8 Å². The van der Waals surface area contributed by atoms with E-state index in [4.69, 9.17) is 10.5 Å². The Bertz CT molecular complexity index is 1040. The first-order valence-electron chi connectivity index (χ1n) is 10.1. The molecule has 0 atom stereocenters. The Kier molecular flexibility index (Phi) is 7.99. The normalized spacial score (nSPS) is 14.5. The Morgan fingerprint density at radius 1 is 1.36 bits per heavy atom. The highest BCUT2D eigenvalue weighted by Crippen LogP contribution is 2.31. The number of ether oxygens (including phenoxy) is 1. The lowest BCUT2D eigenvalue weighted by molar-refractivity contribution is -0.137. The molecule has 1 fully saturated rings. The number of nitrogen functional groups attached to an aromatic ring is 1. The second kappa shape index (κ2) is 10.7. The summed E-state index contributed by atoms with van der Waals surface area (Å²) in [6.45, 7) is 1.34. The summed E-state index contributed by atoms with van der Waals surface area (Å²) in [5.41, 5.74) is 5.19. The van der Waals surface area contributed by atoms with Gasteiger partial charge in [0.2, 0.25) is 11.9 Å². The zero-order chi connectivity index (χ0) is 24.0. The van der Waals surface area contributed by atoms with Crippen LogP contribution in [0.2, 0.25) is 0 Å². The van der Waals surface area contributed by atoms with Gasteiger partial charge >= 0.3 is 6.18 Å². The van der Waals surface area contributed by atoms with Crippen molar-refractivity contribution in [3.8, 4) is 6.07 Å². The van der Waals surface area contributed by atoms with Crippen LogP contribution in [0.3, 0.4) is 0 Å². The number of carbonyl (C=O) groups is 1. The van der Waals surface area contributed by atoms with Crippen LogP contribution in [0, 0.1) is 17.2 Å². The Balaban J connectivity index is 1.87. The Hall–Kier alpha value is -3.04. The molecule has 1 aromatic carbocycles. The molecule has 33 heavy (non-hydrogen) atoms. The fourth-order valence-corrected chi connectivity index (χ4v) is 4.06. The van der Waals surface area contributed by atoms with Crippen LogP contribution < -0.4 is 16.0 Å². The molecule has 1 amide bonds. The first-order valence-corrected chi connectivity index (χ1v) is 11.3. The van der Waals surface area contributed by atoms with E-state index in [9.17, 15) is 23.2 Å². The maximum absolute atomic E-state index is 13.0. The molecule has 0 unspecified atom stereocenters. The molecule has 0 bridgehead atoms. The van der Waals surface area contributed by atoms with Crippen LogP contribution in [0.1, 0.15) is 24.0 Å². The number of halogens is 3. The van der Waals surface area contributed by atoms with Crippen molar-refractivity contribution < 1.29 is 22.7 Å². The van der Waals surface area contributed by atoms with Gasteiger partial charge in [-0.3, -0.25) is 4.79 Å². The SMILES string of the molecule is CSc1nc(N)nc(N(CC(=O)Nc2cccc(C(F)(F)F)c2)CC2CCOCC2)c1C#N. The summed E-state index contributed by atoms with van der Waals surface area (Å²) in [7, 11) is 0. The fourth-order valence-electron chi connectivity index (χ4n) is 3.53. The molecule has 1 aromatic heterocycles. The molecule has 0 saturated carbocycles. The monoisotopic (exact) mass is 480 g/mol. The average Bonchev–Trinajstić information content (AvgIpc) is 2.78. The van der Waals surface area contributed by atoms with Gasteiger partial charge in [0.05, 0.1) is 12.1 Å². The molecule has 12 heteroatoms. The van der Waals surface area contributed by atoms with Crippen molar-refractivity contribution in [3.63, 3.8) is 0 Å². The van der Waals surface area contributed by atoms with Crippen LogP contribution in [0.15, 0.2) is 29.3 Å². The van der Waals surface area contributed by atoms with Gasteiger partial charge in [-0.1, -0.05) is 6.07 Å². The minimum Gasteiger partial charge on any atom is -0.381 e. The van der Waals surface area contributed by atoms with Crippen LogP contribution in [-0.4, -0.2) is 48.4 Å². The van der Waals surface area contributed by atoms with Gasteiger partial charge in [0, 0.05) is 25.4 Å². The summed E-state index contributed by atoms with van der Waals surface area (Å²) in [6.07, 6.45) is -1.24. The largest absolute Gasteiger partial charge is 0.416 e. The molecule has 3 rings (SSSR count). The second-order valence-electron chi connectivity index (χ2n) is 7.46. The molecular weight excluding hydrogens is 457 g/mol. The summed E-state index contributed by atoms with van der Waals surface area (Å²) >= 11 is 1.23. The van der Waals surface area contributed by atoms with E-state index in [0.29, 0.717) is 24.8 Å². The van der Waals surface area contributed by atoms with Crippen molar-refractivity contribution in [2.75, 3.05) is 48.5 Å². The summed E-state index contributed by atoms with van der Waals surface area (Å²) in [4.78, 5) is 22.8. The molecule has 3 N–H and O–H groups in total. The number of nitrogens with two attached hydrogens (primary N) is 1. The number of amides is 1. The quantitative estimate of drug-likeness (QED) is 0.457. The van der Waals surface area contributed by atoms with E-state index in [1.807, 2.05) is 0 Å². The van der Waals surface area contributed by atoms with E-state index in [1.165, 1.54) is 23.9 Å². The van der Waals surface area contributed by atoms with Crippen LogP contribution in [0.5, 0.6) is 0 Å². The van der Waals surface area contributed by atoms with Crippen molar-refractivity contribution >= 4 is 35.1 Å². The number of nitrogens with one attached hydrogen (secondary N) is 1. The summed E-state index contributed by atoms with van der Waals surface area (Å²) < 4.78 is 44.4. The van der Waals surface area contributed by atoms with Gasteiger partial charge in [0.15, 0.2) is 5.82 Å². The molecule has 2 heterocycles. The smallest absolute Gasteiger partial charge is 0.381 e. The Morgan fingerprint density at radius 3 is 2.73 bits per heavy atom. The van der Waals surface area contributed by atoms with Crippen LogP contribution in [0.25, 0.3) is 0 Å². The predicted octanol–water partition coefficient (Wildman–Crippen LogP) is 3.54. The van der Waals surface area contributed by atoms with Gasteiger partial charge < -0.3 is 20.7 Å². The zero-order valence-corrected chi connectivity index (χ0v) is 18.7. The minimum atomic E-state index is -4.52. The number of nitriles is 1. The number of rotatable bonds is 7. The van der Waals surface area contributed by atoms with Crippen LogP contribution >= 0.6 is 11.8 Å². The van der Waals surface area contributed by atoms with Gasteiger partial charge in [0.25, 0.3) is 0 Å². The van der Waals surface area contributed by atoms with Crippen LogP contribution in [-0.2, 0) is 15.7 Å². The number of hydrogen-bond acceptors (Lipinski definition) is 8. The van der Waals surface area contributed by atoms with Gasteiger partial charge in [-0.05, 0) is 43.2 Å². The molecule has 1 aliphatic heterocycles. The number of nitrogens with zero attached hydrogens (tertiary/aromatic N) is 4. The van der Waals surface area contributed by atoms with Crippen molar-refractivity contribution in [1.82, 2.24) is 9.97 Å². The summed E-state index contributed by atoms with van der Waals surface area (Å²) in [5, 5.41) is 12.6. The topological polar surface area (TPSA) is 117 Å². The number of aromatic nitrogens is 2. The van der Waals surface area contributed by atoms with E-state index in [0.717, 1.165) is 25.0 Å². The molecular formula is C21H23F3N6O2S. The highest BCUT2D eigenvalue weighted by molar-refractivity contribution is 7.98. The van der Waals surface area contributed by atoms with E-state index in [1.54, 1.807) is 11.2 Å². The first kappa shape index (κ1) is 24.6. The Labute approximate surface area is 193 Å². The number of thioether (sulfide) groups is 1. The molecule has 2 aromatic rings. The molecule has 0 aliphatic carbocycles. The number of benzene rings is 1. The number of alkyl halides is 3. The van der Waals surface area contributed by atoms with Crippen molar-refractivity contribution in [3.05, 3.63) is 35.4 Å². The zero-order valence-electron chi connectivity index (χ0n) is 17.9. The van der Waals surface area contributed by atoms with E-state index >= 15 is 0 Å². The second-order valence-corrected chi connectivity index (χ2v) is 8.26. The molecule has 8 nitrogen and oxygen atoms in total. The molecule has 0 radical (unpaired) electrons. The maximum atomic E-state index is 13.0. The standard InChI is InChI=1S/C21H23F3N6O2S/c1-33-19-16(10-25)18(28-20(26)29-19)30(11-13-5-7-32-8-6-13)12-17(31)27-15-4-2-3-14(9-15)21(22,23)24/h2-4,9,13H,5-8,11-12H2,1H3,(H,27,31)(H2,26,28,29). The highest BCUT2D eigenvalue weighted by Gasteiger charge is 2.31. The van der Waals surface area contributed by atoms with E-state index < -0.39 is 17.6 Å². The third-order valence-electron chi connectivity index (χ3n) is 5.11. The average molecular weight is 481 g/mol. The van der Waals surface area contributed by atoms with Crippen molar-refractivity contribution in [1.29, 1.82) is 5.26 Å². The lowest BCUT2D eigenvalue weighted by Gasteiger charge is -2.31. The van der Waals surface area contributed by atoms with Gasteiger partial charge in [-0.25, -0.2) is 4.98 Å². The molecule has 176 valence electrons. The molecule has 1 saturated heterocycles. The lowest BCUT2D eigenvalue weighted by Crippen LogP contribution is -2.39. The molecule has 1 aliphatic rings. The minimum absolute atomic E-state index is 0.0216. The number of anilines is 3. The third kappa shape index (κ3) is 6.49. The first-order chi connectivity index (χ1) is 15.7. The van der Waals surface area contributed by atoms with E-state index in [2.05, 4.69) is 21.4 Å². The van der Waals surface area contributed by atoms with Gasteiger partial charge in [-0.2, -0.15) is 23.4 Å². The Morgan fingerprint density at radius 2 is 2.09 bits per heavy atom. The van der Waals surface area contributed by atoms with Crippen LogP contribution in [0.4, 0.5) is 30.6 Å². The summed E-state index contributed by atoms with van der Waals surface area (Å²) in [6, 6.07) is 6.49.